The quantitative estimate of drug-likeness (QED) is 0.814. The summed E-state index contributed by atoms with van der Waals surface area (Å²) in [4.78, 5) is 15.7. The molecule has 0 amide bonds. The number of likely N-dealkylation sites (N-methyl/N-ethyl adjacent to an activating group) is 1. The van der Waals surface area contributed by atoms with Gasteiger partial charge in [0.1, 0.15) is 5.54 Å². The van der Waals surface area contributed by atoms with Crippen LogP contribution in [0.15, 0.2) is 0 Å². The van der Waals surface area contributed by atoms with Gasteiger partial charge in [0.05, 0.1) is 0 Å². The predicted octanol–water partition coefficient (Wildman–Crippen LogP) is 1.66. The summed E-state index contributed by atoms with van der Waals surface area (Å²) in [6.07, 6.45) is 3.34. The lowest BCUT2D eigenvalue weighted by Crippen LogP contribution is -2.52. The molecule has 4 heteroatoms. The van der Waals surface area contributed by atoms with Crippen LogP contribution in [0.1, 0.15) is 40.0 Å². The van der Waals surface area contributed by atoms with E-state index in [2.05, 4.69) is 11.8 Å². The van der Waals surface area contributed by atoms with E-state index in [9.17, 15) is 9.90 Å². The molecule has 0 aromatic carbocycles. The Balaban J connectivity index is 2.64. The van der Waals surface area contributed by atoms with Gasteiger partial charge in [0.2, 0.25) is 0 Å². The zero-order valence-electron chi connectivity index (χ0n) is 11.6. The average Bonchev–Trinajstić information content (AvgIpc) is 2.52. The zero-order chi connectivity index (χ0) is 13.1. The zero-order valence-corrected chi connectivity index (χ0v) is 11.6. The number of likely N-dealkylation sites (tertiary alicyclic amines) is 1. The van der Waals surface area contributed by atoms with Gasteiger partial charge in [0, 0.05) is 6.04 Å². The third kappa shape index (κ3) is 3.42. The standard InChI is InChI=1S/C13H26N2O2/c1-5-15-9-6-7-11(8-10-15)14(4)13(2,3)12(16)17/h11H,5-10H2,1-4H3,(H,16,17). The van der Waals surface area contributed by atoms with Gasteiger partial charge >= 0.3 is 5.97 Å². The predicted molar refractivity (Wildman–Crippen MR) is 69.2 cm³/mol. The summed E-state index contributed by atoms with van der Waals surface area (Å²) >= 11 is 0. The molecule has 0 spiro atoms. The summed E-state index contributed by atoms with van der Waals surface area (Å²) in [6.45, 7) is 9.09. The lowest BCUT2D eigenvalue weighted by atomic mass is 9.98. The number of hydrogen-bond acceptors (Lipinski definition) is 3. The summed E-state index contributed by atoms with van der Waals surface area (Å²) in [5.41, 5.74) is -0.772. The molecule has 1 fully saturated rings. The highest BCUT2D eigenvalue weighted by Crippen LogP contribution is 2.23. The third-order valence-corrected chi connectivity index (χ3v) is 4.19. The van der Waals surface area contributed by atoms with Gasteiger partial charge in [0.15, 0.2) is 0 Å². The Bertz CT molecular complexity index is 266. The molecule has 0 aliphatic carbocycles. The molecule has 0 saturated carbocycles. The van der Waals surface area contributed by atoms with Gasteiger partial charge in [-0.3, -0.25) is 9.69 Å². The van der Waals surface area contributed by atoms with E-state index < -0.39 is 11.5 Å². The smallest absolute Gasteiger partial charge is 0.323 e. The lowest BCUT2D eigenvalue weighted by Gasteiger charge is -2.37. The van der Waals surface area contributed by atoms with E-state index in [1.807, 2.05) is 11.9 Å². The summed E-state index contributed by atoms with van der Waals surface area (Å²) in [5, 5.41) is 9.26. The Labute approximate surface area is 105 Å². The van der Waals surface area contributed by atoms with Crippen molar-refractivity contribution in [3.05, 3.63) is 0 Å². The summed E-state index contributed by atoms with van der Waals surface area (Å²) in [7, 11) is 1.94. The number of carboxylic acid groups (broad SMARTS) is 1. The van der Waals surface area contributed by atoms with Gasteiger partial charge in [-0.05, 0) is 59.8 Å². The van der Waals surface area contributed by atoms with Crippen molar-refractivity contribution >= 4 is 5.97 Å². The first-order chi connectivity index (χ1) is 7.89. The second-order valence-electron chi connectivity index (χ2n) is 5.49. The maximum Gasteiger partial charge on any atom is 0.323 e. The lowest BCUT2D eigenvalue weighted by molar-refractivity contribution is -0.150. The van der Waals surface area contributed by atoms with Gasteiger partial charge in [-0.25, -0.2) is 0 Å². The highest BCUT2D eigenvalue weighted by atomic mass is 16.4. The molecule has 0 aromatic heterocycles. The number of carboxylic acids is 1. The largest absolute Gasteiger partial charge is 0.480 e. The molecular formula is C13H26N2O2. The van der Waals surface area contributed by atoms with Crippen molar-refractivity contribution in [1.82, 2.24) is 9.80 Å². The molecular weight excluding hydrogens is 216 g/mol. The third-order valence-electron chi connectivity index (χ3n) is 4.19. The van der Waals surface area contributed by atoms with E-state index in [-0.39, 0.29) is 0 Å². The van der Waals surface area contributed by atoms with E-state index in [1.54, 1.807) is 13.8 Å². The summed E-state index contributed by atoms with van der Waals surface area (Å²) < 4.78 is 0. The summed E-state index contributed by atoms with van der Waals surface area (Å²) in [5.74, 6) is -0.739. The Morgan fingerprint density at radius 1 is 1.41 bits per heavy atom. The van der Waals surface area contributed by atoms with Crippen LogP contribution in [0.25, 0.3) is 0 Å². The minimum atomic E-state index is -0.772. The van der Waals surface area contributed by atoms with Gasteiger partial charge in [-0.15, -0.1) is 0 Å². The first kappa shape index (κ1) is 14.5. The topological polar surface area (TPSA) is 43.8 Å². The van der Waals surface area contributed by atoms with E-state index >= 15 is 0 Å². The number of hydrogen-bond donors (Lipinski definition) is 1. The summed E-state index contributed by atoms with van der Waals surface area (Å²) in [6, 6.07) is 0.387. The molecule has 1 N–H and O–H groups in total. The van der Waals surface area contributed by atoms with Gasteiger partial charge in [-0.2, -0.15) is 0 Å². The molecule has 1 unspecified atom stereocenters. The SMILES string of the molecule is CCN1CCCC(N(C)C(C)(C)C(=O)O)CC1. The number of nitrogens with zero attached hydrogens (tertiary/aromatic N) is 2. The van der Waals surface area contributed by atoms with Gasteiger partial charge in [0.25, 0.3) is 0 Å². The minimum absolute atomic E-state index is 0.387. The Morgan fingerprint density at radius 3 is 2.59 bits per heavy atom. The fourth-order valence-electron chi connectivity index (χ4n) is 2.45. The van der Waals surface area contributed by atoms with Gasteiger partial charge in [-0.1, -0.05) is 6.92 Å². The van der Waals surface area contributed by atoms with Crippen molar-refractivity contribution in [2.24, 2.45) is 0 Å². The van der Waals surface area contributed by atoms with Gasteiger partial charge < -0.3 is 10.0 Å². The molecule has 1 aliphatic heterocycles. The Kier molecular flexibility index (Phi) is 4.95. The molecule has 1 aliphatic rings. The molecule has 1 heterocycles. The van der Waals surface area contributed by atoms with Crippen LogP contribution in [0, 0.1) is 0 Å². The van der Waals surface area contributed by atoms with E-state index in [4.69, 9.17) is 0 Å². The first-order valence-electron chi connectivity index (χ1n) is 6.58. The second-order valence-corrected chi connectivity index (χ2v) is 5.49. The van der Waals surface area contributed by atoms with Crippen molar-refractivity contribution in [2.45, 2.75) is 51.6 Å². The van der Waals surface area contributed by atoms with Crippen LogP contribution in [-0.2, 0) is 4.79 Å². The molecule has 0 radical (unpaired) electrons. The molecule has 1 atom stereocenters. The molecule has 100 valence electrons. The number of aliphatic carboxylic acids is 1. The van der Waals surface area contributed by atoms with Crippen LogP contribution < -0.4 is 0 Å². The van der Waals surface area contributed by atoms with Crippen LogP contribution >= 0.6 is 0 Å². The average molecular weight is 242 g/mol. The van der Waals surface area contributed by atoms with E-state index in [0.717, 1.165) is 32.5 Å². The minimum Gasteiger partial charge on any atom is -0.480 e. The fraction of sp³-hybridized carbons (Fsp3) is 0.923. The molecule has 4 nitrogen and oxygen atoms in total. The second kappa shape index (κ2) is 5.83. The number of rotatable bonds is 4. The number of carbonyl (C=O) groups is 1. The highest BCUT2D eigenvalue weighted by molar-refractivity contribution is 5.77. The van der Waals surface area contributed by atoms with Crippen molar-refractivity contribution in [2.75, 3.05) is 26.7 Å². The highest BCUT2D eigenvalue weighted by Gasteiger charge is 2.36. The van der Waals surface area contributed by atoms with Crippen LogP contribution in [0.2, 0.25) is 0 Å². The van der Waals surface area contributed by atoms with E-state index in [0.29, 0.717) is 6.04 Å². The molecule has 1 saturated heterocycles. The van der Waals surface area contributed by atoms with Crippen molar-refractivity contribution in [3.63, 3.8) is 0 Å². The molecule has 1 rings (SSSR count). The fourth-order valence-corrected chi connectivity index (χ4v) is 2.45. The van der Waals surface area contributed by atoms with Crippen LogP contribution in [0.5, 0.6) is 0 Å². The van der Waals surface area contributed by atoms with Crippen LogP contribution in [0.3, 0.4) is 0 Å². The van der Waals surface area contributed by atoms with Crippen molar-refractivity contribution in [3.8, 4) is 0 Å². The van der Waals surface area contributed by atoms with Crippen LogP contribution in [0.4, 0.5) is 0 Å². The first-order valence-corrected chi connectivity index (χ1v) is 6.58. The Morgan fingerprint density at radius 2 is 2.06 bits per heavy atom. The maximum atomic E-state index is 11.3. The normalized spacial score (nSPS) is 23.7. The van der Waals surface area contributed by atoms with E-state index in [1.165, 1.54) is 6.42 Å². The Hall–Kier alpha value is -0.610. The van der Waals surface area contributed by atoms with Crippen LogP contribution in [-0.4, -0.2) is 59.1 Å². The van der Waals surface area contributed by atoms with Crippen molar-refractivity contribution in [1.29, 1.82) is 0 Å². The van der Waals surface area contributed by atoms with Crippen molar-refractivity contribution < 1.29 is 9.90 Å². The monoisotopic (exact) mass is 242 g/mol. The molecule has 0 bridgehead atoms. The maximum absolute atomic E-state index is 11.3. The molecule has 0 aromatic rings. The molecule has 17 heavy (non-hydrogen) atoms.